The molecule has 1 N–H and O–H groups in total. The molecular weight excluding hydrogens is 234 g/mol. The van der Waals surface area contributed by atoms with Gasteiger partial charge in [0.2, 0.25) is 5.91 Å². The summed E-state index contributed by atoms with van der Waals surface area (Å²) < 4.78 is 0. The summed E-state index contributed by atoms with van der Waals surface area (Å²) in [5, 5.41) is 3.79. The molecule has 1 aliphatic carbocycles. The average Bonchev–Trinajstić information content (AvgIpc) is 2.95. The molecule has 2 atom stereocenters. The summed E-state index contributed by atoms with van der Waals surface area (Å²) in [6.07, 6.45) is 0.908. The van der Waals surface area contributed by atoms with Crippen LogP contribution in [0.5, 0.6) is 0 Å². The summed E-state index contributed by atoms with van der Waals surface area (Å²) in [5.41, 5.74) is 0.938. The zero-order valence-electron chi connectivity index (χ0n) is 10.5. The largest absolute Gasteiger partial charge is 0.351 e. The van der Waals surface area contributed by atoms with Crippen molar-refractivity contribution in [2.45, 2.75) is 38.6 Å². The van der Waals surface area contributed by atoms with Crippen LogP contribution in [-0.4, -0.2) is 11.4 Å². The van der Waals surface area contributed by atoms with E-state index in [9.17, 15) is 4.79 Å². The van der Waals surface area contributed by atoms with Crippen LogP contribution < -0.4 is 5.32 Å². The maximum atomic E-state index is 12.0. The number of amides is 1. The van der Waals surface area contributed by atoms with Crippen LogP contribution in [0.25, 0.3) is 0 Å². The predicted octanol–water partition coefficient (Wildman–Crippen LogP) is 3.36. The molecule has 3 heteroatoms. The highest BCUT2D eigenvalue weighted by atomic mass is 35.5. The Labute approximate surface area is 107 Å². The van der Waals surface area contributed by atoms with Crippen LogP contribution in [0.2, 0.25) is 5.02 Å². The number of rotatable bonds is 2. The minimum absolute atomic E-state index is 0.0918. The fourth-order valence-electron chi connectivity index (χ4n) is 2.07. The Morgan fingerprint density at radius 1 is 1.35 bits per heavy atom. The van der Waals surface area contributed by atoms with E-state index < -0.39 is 0 Å². The van der Waals surface area contributed by atoms with E-state index in [4.69, 9.17) is 11.6 Å². The van der Waals surface area contributed by atoms with Gasteiger partial charge in [0.15, 0.2) is 0 Å². The van der Waals surface area contributed by atoms with Gasteiger partial charge in [-0.1, -0.05) is 29.8 Å². The first-order chi connectivity index (χ1) is 7.88. The van der Waals surface area contributed by atoms with Gasteiger partial charge in [-0.2, -0.15) is 0 Å². The number of halogens is 1. The molecule has 1 amide bonds. The van der Waals surface area contributed by atoms with Gasteiger partial charge in [0.05, 0.1) is 0 Å². The highest BCUT2D eigenvalue weighted by Gasteiger charge is 2.45. The van der Waals surface area contributed by atoms with E-state index in [1.165, 1.54) is 0 Å². The maximum Gasteiger partial charge on any atom is 0.224 e. The first kappa shape index (κ1) is 12.4. The smallest absolute Gasteiger partial charge is 0.224 e. The highest BCUT2D eigenvalue weighted by molar-refractivity contribution is 6.31. The topological polar surface area (TPSA) is 29.1 Å². The second kappa shape index (κ2) is 4.34. The summed E-state index contributed by atoms with van der Waals surface area (Å²) in [6.45, 7) is 5.99. The average molecular weight is 252 g/mol. The highest BCUT2D eigenvalue weighted by Crippen LogP contribution is 2.49. The van der Waals surface area contributed by atoms with E-state index in [1.54, 1.807) is 0 Å². The van der Waals surface area contributed by atoms with Gasteiger partial charge >= 0.3 is 0 Å². The van der Waals surface area contributed by atoms with Gasteiger partial charge in [-0.05, 0) is 44.7 Å². The molecule has 0 heterocycles. The molecule has 1 saturated carbocycles. The lowest BCUT2D eigenvalue weighted by Gasteiger charge is -2.20. The van der Waals surface area contributed by atoms with Gasteiger partial charge < -0.3 is 5.32 Å². The van der Waals surface area contributed by atoms with E-state index >= 15 is 0 Å². The van der Waals surface area contributed by atoms with Crippen molar-refractivity contribution in [3.05, 3.63) is 34.9 Å². The second-order valence-electron chi connectivity index (χ2n) is 5.71. The molecule has 2 rings (SSSR count). The molecule has 0 radical (unpaired) electrons. The molecule has 1 fully saturated rings. The number of carbonyl (C=O) groups excluding carboxylic acids is 1. The van der Waals surface area contributed by atoms with E-state index in [0.717, 1.165) is 17.0 Å². The standard InChI is InChI=1S/C14H18ClNO/c1-14(2,3)16-13(17)11-8-10(11)9-6-4-5-7-12(9)15/h4-7,10-11H,8H2,1-3H3,(H,16,17). The van der Waals surface area contributed by atoms with E-state index in [1.807, 2.05) is 45.0 Å². The predicted molar refractivity (Wildman–Crippen MR) is 70.2 cm³/mol. The molecule has 92 valence electrons. The van der Waals surface area contributed by atoms with Crippen molar-refractivity contribution in [2.75, 3.05) is 0 Å². The zero-order chi connectivity index (χ0) is 12.6. The monoisotopic (exact) mass is 251 g/mol. The molecule has 2 unspecified atom stereocenters. The van der Waals surface area contributed by atoms with Crippen LogP contribution in [0.4, 0.5) is 0 Å². The first-order valence-electron chi connectivity index (χ1n) is 5.95. The summed E-state index contributed by atoms with van der Waals surface area (Å²) in [4.78, 5) is 12.0. The molecule has 0 aromatic heterocycles. The van der Waals surface area contributed by atoms with Gasteiger partial charge in [-0.15, -0.1) is 0 Å². The zero-order valence-corrected chi connectivity index (χ0v) is 11.2. The Bertz CT molecular complexity index is 436. The first-order valence-corrected chi connectivity index (χ1v) is 6.33. The van der Waals surface area contributed by atoms with Crippen LogP contribution >= 0.6 is 11.6 Å². The fraction of sp³-hybridized carbons (Fsp3) is 0.500. The Hall–Kier alpha value is -1.02. The van der Waals surface area contributed by atoms with Crippen molar-refractivity contribution in [1.29, 1.82) is 0 Å². The minimum atomic E-state index is -0.162. The van der Waals surface area contributed by atoms with E-state index in [-0.39, 0.29) is 17.4 Å². The van der Waals surface area contributed by atoms with Crippen LogP contribution in [0.1, 0.15) is 38.7 Å². The molecule has 0 spiro atoms. The normalized spacial score (nSPS) is 23.3. The fourth-order valence-corrected chi connectivity index (χ4v) is 2.34. The lowest BCUT2D eigenvalue weighted by atomic mass is 10.1. The summed E-state index contributed by atoms with van der Waals surface area (Å²) in [6, 6.07) is 7.78. The van der Waals surface area contributed by atoms with Gasteiger partial charge in [0.25, 0.3) is 0 Å². The van der Waals surface area contributed by atoms with Crippen molar-refractivity contribution in [3.8, 4) is 0 Å². The molecular formula is C14H18ClNO. The van der Waals surface area contributed by atoms with Crippen LogP contribution in [0, 0.1) is 5.92 Å². The van der Waals surface area contributed by atoms with Crippen molar-refractivity contribution < 1.29 is 4.79 Å². The van der Waals surface area contributed by atoms with Crippen LogP contribution in [0.3, 0.4) is 0 Å². The Balaban J connectivity index is 2.02. The van der Waals surface area contributed by atoms with Gasteiger partial charge in [0.1, 0.15) is 0 Å². The molecule has 0 bridgehead atoms. The molecule has 1 aliphatic rings. The van der Waals surface area contributed by atoms with Crippen LogP contribution in [-0.2, 0) is 4.79 Å². The SMILES string of the molecule is CC(C)(C)NC(=O)C1CC1c1ccccc1Cl. The Morgan fingerprint density at radius 2 is 2.00 bits per heavy atom. The lowest BCUT2D eigenvalue weighted by Crippen LogP contribution is -2.41. The third-order valence-electron chi connectivity index (χ3n) is 2.93. The maximum absolute atomic E-state index is 12.0. The van der Waals surface area contributed by atoms with Crippen molar-refractivity contribution in [1.82, 2.24) is 5.32 Å². The molecule has 1 aromatic carbocycles. The Kier molecular flexibility index (Phi) is 3.17. The summed E-state index contributed by atoms with van der Waals surface area (Å²) in [5.74, 6) is 0.530. The van der Waals surface area contributed by atoms with Crippen molar-refractivity contribution >= 4 is 17.5 Å². The summed E-state index contributed by atoms with van der Waals surface area (Å²) >= 11 is 6.13. The lowest BCUT2D eigenvalue weighted by molar-refractivity contribution is -0.123. The van der Waals surface area contributed by atoms with E-state index in [2.05, 4.69) is 5.32 Å². The van der Waals surface area contributed by atoms with E-state index in [0.29, 0.717) is 5.92 Å². The van der Waals surface area contributed by atoms with Gasteiger partial charge in [-0.25, -0.2) is 0 Å². The molecule has 17 heavy (non-hydrogen) atoms. The quantitative estimate of drug-likeness (QED) is 0.858. The third-order valence-corrected chi connectivity index (χ3v) is 3.27. The molecule has 0 saturated heterocycles. The number of nitrogens with one attached hydrogen (secondary N) is 1. The number of hydrogen-bond acceptors (Lipinski definition) is 1. The second-order valence-corrected chi connectivity index (χ2v) is 6.12. The van der Waals surface area contributed by atoms with Crippen LogP contribution in [0.15, 0.2) is 24.3 Å². The number of hydrogen-bond donors (Lipinski definition) is 1. The Morgan fingerprint density at radius 3 is 2.59 bits per heavy atom. The molecule has 1 aromatic rings. The number of benzene rings is 1. The third kappa shape index (κ3) is 3.01. The minimum Gasteiger partial charge on any atom is -0.351 e. The molecule has 0 aliphatic heterocycles. The van der Waals surface area contributed by atoms with Gasteiger partial charge in [0, 0.05) is 16.5 Å². The van der Waals surface area contributed by atoms with Crippen molar-refractivity contribution in [3.63, 3.8) is 0 Å². The molecule has 2 nitrogen and oxygen atoms in total. The number of carbonyl (C=O) groups is 1. The van der Waals surface area contributed by atoms with Crippen molar-refractivity contribution in [2.24, 2.45) is 5.92 Å². The summed E-state index contributed by atoms with van der Waals surface area (Å²) in [7, 11) is 0. The van der Waals surface area contributed by atoms with Gasteiger partial charge in [-0.3, -0.25) is 4.79 Å².